The standard InChI is InChI=1S/C21H26ClN3O3S/c1-16-7-8-17(2)20(13-16)29(27,28)25-11-9-24(10-12-25)15-21(26)23-14-18-5-3-4-6-19(18)22/h3-8,13H,9-12,14-15H2,1-2H3,(H,23,26)/p+1. The van der Waals surface area contributed by atoms with E-state index in [9.17, 15) is 13.2 Å². The minimum absolute atomic E-state index is 0.0641. The quantitative estimate of drug-likeness (QED) is 0.714. The zero-order valence-electron chi connectivity index (χ0n) is 16.7. The molecule has 8 heteroatoms. The molecule has 3 rings (SSSR count). The Labute approximate surface area is 177 Å². The van der Waals surface area contributed by atoms with E-state index in [0.29, 0.717) is 49.2 Å². The first-order chi connectivity index (χ1) is 13.8. The van der Waals surface area contributed by atoms with E-state index in [0.717, 1.165) is 21.6 Å². The lowest BCUT2D eigenvalue weighted by Crippen LogP contribution is -3.15. The Hall–Kier alpha value is -1.93. The summed E-state index contributed by atoms with van der Waals surface area (Å²) in [6.45, 7) is 6.43. The summed E-state index contributed by atoms with van der Waals surface area (Å²) in [5.74, 6) is -0.0641. The van der Waals surface area contributed by atoms with Gasteiger partial charge >= 0.3 is 0 Å². The van der Waals surface area contributed by atoms with Gasteiger partial charge < -0.3 is 10.2 Å². The van der Waals surface area contributed by atoms with E-state index < -0.39 is 10.0 Å². The summed E-state index contributed by atoms with van der Waals surface area (Å²) in [5.41, 5.74) is 2.56. The maximum absolute atomic E-state index is 13.0. The van der Waals surface area contributed by atoms with Gasteiger partial charge in [0, 0.05) is 11.6 Å². The molecule has 1 heterocycles. The van der Waals surface area contributed by atoms with Gasteiger partial charge in [-0.15, -0.1) is 0 Å². The van der Waals surface area contributed by atoms with Crippen LogP contribution < -0.4 is 10.2 Å². The number of nitrogens with zero attached hydrogens (tertiary/aromatic N) is 1. The summed E-state index contributed by atoms with van der Waals surface area (Å²) in [7, 11) is -3.51. The number of hydrogen-bond donors (Lipinski definition) is 2. The molecule has 0 spiro atoms. The van der Waals surface area contributed by atoms with Crippen molar-refractivity contribution >= 4 is 27.5 Å². The predicted molar refractivity (Wildman–Crippen MR) is 114 cm³/mol. The fraction of sp³-hybridized carbons (Fsp3) is 0.381. The number of aryl methyl sites for hydroxylation is 2. The molecule has 6 nitrogen and oxygen atoms in total. The third-order valence-electron chi connectivity index (χ3n) is 5.24. The summed E-state index contributed by atoms with van der Waals surface area (Å²) in [4.78, 5) is 13.7. The number of piperazine rings is 1. The molecular formula is C21H27ClN3O3S+. The summed E-state index contributed by atoms with van der Waals surface area (Å²) in [6, 6.07) is 12.9. The van der Waals surface area contributed by atoms with E-state index in [1.54, 1.807) is 12.1 Å². The SMILES string of the molecule is Cc1ccc(C)c(S(=O)(=O)N2CC[NH+](CC(=O)NCc3ccccc3Cl)CC2)c1. The summed E-state index contributed by atoms with van der Waals surface area (Å²) >= 11 is 6.11. The molecule has 2 aromatic rings. The zero-order chi connectivity index (χ0) is 21.0. The molecule has 0 saturated carbocycles. The first kappa shape index (κ1) is 21.8. The van der Waals surface area contributed by atoms with Crippen molar-refractivity contribution in [3.63, 3.8) is 0 Å². The number of nitrogens with one attached hydrogen (secondary N) is 2. The average molecular weight is 437 g/mol. The molecule has 2 aromatic carbocycles. The zero-order valence-corrected chi connectivity index (χ0v) is 18.3. The van der Waals surface area contributed by atoms with E-state index in [-0.39, 0.29) is 5.91 Å². The van der Waals surface area contributed by atoms with Crippen LogP contribution in [0.3, 0.4) is 0 Å². The van der Waals surface area contributed by atoms with Crippen LogP contribution in [0.4, 0.5) is 0 Å². The van der Waals surface area contributed by atoms with Crippen LogP contribution in [0.5, 0.6) is 0 Å². The van der Waals surface area contributed by atoms with Crippen LogP contribution in [0.25, 0.3) is 0 Å². The Morgan fingerprint density at radius 1 is 1.14 bits per heavy atom. The lowest BCUT2D eigenvalue weighted by atomic mass is 10.2. The molecule has 1 fully saturated rings. The van der Waals surface area contributed by atoms with Crippen LogP contribution in [-0.2, 0) is 21.4 Å². The molecule has 29 heavy (non-hydrogen) atoms. The van der Waals surface area contributed by atoms with Gasteiger partial charge in [0.05, 0.1) is 31.1 Å². The van der Waals surface area contributed by atoms with Gasteiger partial charge in [-0.1, -0.05) is 41.9 Å². The second-order valence-electron chi connectivity index (χ2n) is 7.47. The minimum atomic E-state index is -3.51. The topological polar surface area (TPSA) is 70.9 Å². The summed E-state index contributed by atoms with van der Waals surface area (Å²) < 4.78 is 27.5. The lowest BCUT2D eigenvalue weighted by Gasteiger charge is -2.31. The first-order valence-electron chi connectivity index (χ1n) is 9.68. The van der Waals surface area contributed by atoms with E-state index in [1.807, 2.05) is 44.2 Å². The number of amides is 1. The molecule has 0 bridgehead atoms. The van der Waals surface area contributed by atoms with Crippen LogP contribution in [0.2, 0.25) is 5.02 Å². The number of carbonyl (C=O) groups excluding carboxylic acids is 1. The maximum Gasteiger partial charge on any atom is 0.275 e. The second kappa shape index (κ2) is 9.26. The molecule has 0 aromatic heterocycles. The van der Waals surface area contributed by atoms with Gasteiger partial charge in [-0.2, -0.15) is 4.31 Å². The van der Waals surface area contributed by atoms with Crippen molar-refractivity contribution in [3.8, 4) is 0 Å². The summed E-state index contributed by atoms with van der Waals surface area (Å²) in [5, 5.41) is 3.52. The van der Waals surface area contributed by atoms with Crippen LogP contribution >= 0.6 is 11.6 Å². The van der Waals surface area contributed by atoms with E-state index in [1.165, 1.54) is 4.31 Å². The van der Waals surface area contributed by atoms with Crippen LogP contribution in [0.15, 0.2) is 47.4 Å². The normalized spacial score (nSPS) is 16.0. The number of rotatable bonds is 6. The van der Waals surface area contributed by atoms with Crippen molar-refractivity contribution in [2.75, 3.05) is 32.7 Å². The Morgan fingerprint density at radius 3 is 2.52 bits per heavy atom. The molecule has 0 atom stereocenters. The lowest BCUT2D eigenvalue weighted by molar-refractivity contribution is -0.895. The fourth-order valence-electron chi connectivity index (χ4n) is 3.47. The Balaban J connectivity index is 1.53. The molecule has 1 aliphatic rings. The summed E-state index contributed by atoms with van der Waals surface area (Å²) in [6.07, 6.45) is 0. The third-order valence-corrected chi connectivity index (χ3v) is 7.64. The van der Waals surface area contributed by atoms with Crippen molar-refractivity contribution in [2.45, 2.75) is 25.3 Å². The molecule has 0 aliphatic carbocycles. The van der Waals surface area contributed by atoms with Crippen molar-refractivity contribution in [2.24, 2.45) is 0 Å². The Kier molecular flexibility index (Phi) is 6.95. The van der Waals surface area contributed by atoms with Gasteiger partial charge in [-0.25, -0.2) is 8.42 Å². The Morgan fingerprint density at radius 2 is 1.83 bits per heavy atom. The molecule has 0 unspecified atom stereocenters. The van der Waals surface area contributed by atoms with Gasteiger partial charge in [0.1, 0.15) is 0 Å². The molecule has 2 N–H and O–H groups in total. The molecular weight excluding hydrogens is 410 g/mol. The van der Waals surface area contributed by atoms with Gasteiger partial charge in [0.15, 0.2) is 6.54 Å². The third kappa shape index (κ3) is 5.36. The monoisotopic (exact) mass is 436 g/mol. The van der Waals surface area contributed by atoms with E-state index >= 15 is 0 Å². The van der Waals surface area contributed by atoms with Gasteiger partial charge in [0.25, 0.3) is 5.91 Å². The number of sulfonamides is 1. The van der Waals surface area contributed by atoms with E-state index in [2.05, 4.69) is 5.32 Å². The average Bonchev–Trinajstić information content (AvgIpc) is 2.69. The smallest absolute Gasteiger partial charge is 0.275 e. The second-order valence-corrected chi connectivity index (χ2v) is 9.78. The highest BCUT2D eigenvalue weighted by atomic mass is 35.5. The number of halogens is 1. The Bertz CT molecular complexity index is 986. The fourth-order valence-corrected chi connectivity index (χ4v) is 5.42. The van der Waals surface area contributed by atoms with Crippen molar-refractivity contribution < 1.29 is 18.1 Å². The van der Waals surface area contributed by atoms with Crippen molar-refractivity contribution in [1.29, 1.82) is 0 Å². The van der Waals surface area contributed by atoms with Crippen molar-refractivity contribution in [1.82, 2.24) is 9.62 Å². The first-order valence-corrected chi connectivity index (χ1v) is 11.5. The minimum Gasteiger partial charge on any atom is -0.347 e. The van der Waals surface area contributed by atoms with Crippen LogP contribution in [0.1, 0.15) is 16.7 Å². The molecule has 1 saturated heterocycles. The molecule has 0 radical (unpaired) electrons. The molecule has 1 amide bonds. The predicted octanol–water partition coefficient (Wildman–Crippen LogP) is 1.16. The highest BCUT2D eigenvalue weighted by molar-refractivity contribution is 7.89. The van der Waals surface area contributed by atoms with Gasteiger partial charge in [-0.05, 0) is 42.7 Å². The van der Waals surface area contributed by atoms with E-state index in [4.69, 9.17) is 11.6 Å². The maximum atomic E-state index is 13.0. The van der Waals surface area contributed by atoms with Crippen LogP contribution in [0, 0.1) is 13.8 Å². The molecule has 1 aliphatic heterocycles. The highest BCUT2D eigenvalue weighted by Crippen LogP contribution is 2.21. The van der Waals surface area contributed by atoms with Crippen LogP contribution in [-0.4, -0.2) is 51.4 Å². The van der Waals surface area contributed by atoms with Gasteiger partial charge in [0.2, 0.25) is 10.0 Å². The highest BCUT2D eigenvalue weighted by Gasteiger charge is 2.32. The number of quaternary nitrogens is 1. The van der Waals surface area contributed by atoms with Gasteiger partial charge in [-0.3, -0.25) is 4.79 Å². The number of hydrogen-bond acceptors (Lipinski definition) is 3. The number of benzene rings is 2. The van der Waals surface area contributed by atoms with Crippen molar-refractivity contribution in [3.05, 3.63) is 64.2 Å². The number of carbonyl (C=O) groups is 1. The largest absolute Gasteiger partial charge is 0.347 e. The molecule has 156 valence electrons.